The first kappa shape index (κ1) is 15.4. The van der Waals surface area contributed by atoms with Crippen LogP contribution in [0.5, 0.6) is 0 Å². The summed E-state index contributed by atoms with van der Waals surface area (Å²) in [5.41, 5.74) is 1.11. The topological polar surface area (TPSA) is 35.5 Å². The maximum Gasteiger partial charge on any atom is 0.148 e. The summed E-state index contributed by atoms with van der Waals surface area (Å²) in [7, 11) is 1.02. The Labute approximate surface area is 124 Å². The highest BCUT2D eigenvalue weighted by atomic mass is 28.1. The highest BCUT2D eigenvalue weighted by Crippen LogP contribution is 2.27. The maximum atomic E-state index is 11.1. The lowest BCUT2D eigenvalue weighted by Crippen LogP contribution is -2.38. The molecule has 4 heteroatoms. The molecule has 1 saturated heterocycles. The molecule has 0 spiro atoms. The van der Waals surface area contributed by atoms with E-state index in [1.54, 1.807) is 0 Å². The molecule has 0 aromatic heterocycles. The Kier molecular flexibility index (Phi) is 5.95. The van der Waals surface area contributed by atoms with Crippen LogP contribution in [0.15, 0.2) is 30.3 Å². The molecule has 1 fully saturated rings. The number of benzene rings is 1. The van der Waals surface area contributed by atoms with E-state index >= 15 is 0 Å². The molecule has 1 aliphatic rings. The average Bonchev–Trinajstić information content (AvgIpc) is 2.49. The maximum absolute atomic E-state index is 11.1. The van der Waals surface area contributed by atoms with Gasteiger partial charge >= 0.3 is 0 Å². The molecule has 0 radical (unpaired) electrons. The Bertz CT molecular complexity index is 401. The van der Waals surface area contributed by atoms with Crippen LogP contribution >= 0.6 is 0 Å². The first-order valence-corrected chi connectivity index (χ1v) is 8.47. The largest absolute Gasteiger partial charge is 0.380 e. The molecule has 110 valence electrons. The van der Waals surface area contributed by atoms with E-state index in [0.717, 1.165) is 48.0 Å². The van der Waals surface area contributed by atoms with Gasteiger partial charge in [-0.15, -0.1) is 0 Å². The summed E-state index contributed by atoms with van der Waals surface area (Å²) in [4.78, 5) is 11.1. The molecular weight excluding hydrogens is 268 g/mol. The van der Waals surface area contributed by atoms with Crippen molar-refractivity contribution in [1.29, 1.82) is 0 Å². The van der Waals surface area contributed by atoms with E-state index in [1.165, 1.54) is 12.8 Å². The fraction of sp³-hybridized carbons (Fsp3) is 0.562. The summed E-state index contributed by atoms with van der Waals surface area (Å²) < 4.78 is 11.6. The lowest BCUT2D eigenvalue weighted by atomic mass is 10.0. The predicted octanol–water partition coefficient (Wildman–Crippen LogP) is 1.81. The number of aldehydes is 1. The zero-order valence-electron chi connectivity index (χ0n) is 12.2. The van der Waals surface area contributed by atoms with Gasteiger partial charge in [0.2, 0.25) is 0 Å². The van der Waals surface area contributed by atoms with Crippen molar-refractivity contribution in [3.8, 4) is 0 Å². The van der Waals surface area contributed by atoms with Gasteiger partial charge in [0.1, 0.15) is 12.4 Å². The van der Waals surface area contributed by atoms with Gasteiger partial charge in [-0.25, -0.2) is 0 Å². The third-order valence-electron chi connectivity index (χ3n) is 3.97. The molecule has 2 atom stereocenters. The van der Waals surface area contributed by atoms with Crippen LogP contribution in [0.2, 0.25) is 0 Å². The van der Waals surface area contributed by atoms with Gasteiger partial charge in [-0.2, -0.15) is 0 Å². The molecule has 0 N–H and O–H groups in total. The van der Waals surface area contributed by atoms with Crippen LogP contribution in [-0.4, -0.2) is 34.5 Å². The molecule has 0 aliphatic carbocycles. The van der Waals surface area contributed by atoms with E-state index < -0.39 is 0 Å². The Morgan fingerprint density at radius 1 is 1.35 bits per heavy atom. The Morgan fingerprint density at radius 2 is 2.15 bits per heavy atom. The first-order valence-electron chi connectivity index (χ1n) is 7.47. The van der Waals surface area contributed by atoms with Gasteiger partial charge in [0.05, 0.1) is 6.61 Å². The van der Waals surface area contributed by atoms with Gasteiger partial charge in [-0.1, -0.05) is 30.3 Å². The van der Waals surface area contributed by atoms with E-state index in [0.29, 0.717) is 6.61 Å². The van der Waals surface area contributed by atoms with Gasteiger partial charge in [-0.05, 0) is 37.7 Å². The van der Waals surface area contributed by atoms with Crippen molar-refractivity contribution in [3.63, 3.8) is 0 Å². The third-order valence-corrected chi connectivity index (χ3v) is 5.26. The predicted molar refractivity (Wildman–Crippen MR) is 82.8 cm³/mol. The lowest BCUT2D eigenvalue weighted by Gasteiger charge is -2.34. The Balaban J connectivity index is 1.76. The second-order valence-corrected chi connectivity index (χ2v) is 7.59. The van der Waals surface area contributed by atoms with E-state index in [1.807, 2.05) is 30.3 Å². The normalized spacial score (nSPS) is 24.4. The van der Waals surface area contributed by atoms with Crippen LogP contribution in [0.3, 0.4) is 0 Å². The quantitative estimate of drug-likeness (QED) is 0.568. The van der Waals surface area contributed by atoms with Crippen molar-refractivity contribution >= 4 is 16.5 Å². The van der Waals surface area contributed by atoms with E-state index in [2.05, 4.69) is 0 Å². The van der Waals surface area contributed by atoms with Gasteiger partial charge in [-0.3, -0.25) is 0 Å². The molecule has 1 aromatic carbocycles. The highest BCUT2D eigenvalue weighted by Gasteiger charge is 2.28. The van der Waals surface area contributed by atoms with Crippen molar-refractivity contribution in [2.75, 3.05) is 6.61 Å². The minimum atomic E-state index is -0.313. The molecule has 1 aromatic rings. The monoisotopic (exact) mass is 292 g/mol. The summed E-state index contributed by atoms with van der Waals surface area (Å²) in [5.74, 6) is 0. The standard InChI is InChI=1S/C16H24O3Si/c17-12-15(18-13-14-6-2-1-3-7-14)8-10-16(20)9-4-5-11-19-16/h1-3,6-7,12,15H,4-5,8-11,13H2,20H3. The van der Waals surface area contributed by atoms with Crippen molar-refractivity contribution in [1.82, 2.24) is 0 Å². The van der Waals surface area contributed by atoms with E-state index in [-0.39, 0.29) is 11.3 Å². The zero-order chi connectivity index (χ0) is 14.3. The Morgan fingerprint density at radius 3 is 2.80 bits per heavy atom. The van der Waals surface area contributed by atoms with Gasteiger partial charge in [0, 0.05) is 22.1 Å². The highest BCUT2D eigenvalue weighted by molar-refractivity contribution is 6.14. The molecule has 2 unspecified atom stereocenters. The van der Waals surface area contributed by atoms with Crippen molar-refractivity contribution < 1.29 is 14.3 Å². The summed E-state index contributed by atoms with van der Waals surface area (Å²) in [6, 6.07) is 9.97. The molecular formula is C16H24O3Si. The fourth-order valence-corrected chi connectivity index (χ4v) is 3.45. The number of ether oxygens (including phenoxy) is 2. The summed E-state index contributed by atoms with van der Waals surface area (Å²) in [6.07, 6.45) is 5.88. The molecule has 1 aliphatic heterocycles. The second-order valence-electron chi connectivity index (χ2n) is 5.77. The second kappa shape index (κ2) is 7.72. The molecule has 0 saturated carbocycles. The average molecular weight is 292 g/mol. The van der Waals surface area contributed by atoms with Crippen molar-refractivity contribution in [2.45, 2.75) is 50.0 Å². The minimum Gasteiger partial charge on any atom is -0.380 e. The van der Waals surface area contributed by atoms with E-state index in [4.69, 9.17) is 9.47 Å². The number of carbonyl (C=O) groups is 1. The summed E-state index contributed by atoms with van der Waals surface area (Å²) in [6.45, 7) is 1.37. The SMILES string of the molecule is O=CC(CCC1([SiH3])CCCCO1)OCc1ccccc1. The molecule has 0 amide bonds. The van der Waals surface area contributed by atoms with Crippen LogP contribution in [0.1, 0.15) is 37.7 Å². The number of rotatable bonds is 7. The smallest absolute Gasteiger partial charge is 0.148 e. The minimum absolute atomic E-state index is 0.0651. The number of hydrogen-bond acceptors (Lipinski definition) is 3. The number of carbonyl (C=O) groups excluding carboxylic acids is 1. The van der Waals surface area contributed by atoms with Crippen LogP contribution in [0, 0.1) is 0 Å². The molecule has 3 nitrogen and oxygen atoms in total. The molecule has 0 bridgehead atoms. The molecule has 20 heavy (non-hydrogen) atoms. The van der Waals surface area contributed by atoms with Crippen molar-refractivity contribution in [3.05, 3.63) is 35.9 Å². The van der Waals surface area contributed by atoms with Gasteiger partial charge in [0.25, 0.3) is 0 Å². The third kappa shape index (κ3) is 4.85. The summed E-state index contributed by atoms with van der Waals surface area (Å²) >= 11 is 0. The van der Waals surface area contributed by atoms with Crippen molar-refractivity contribution in [2.24, 2.45) is 0 Å². The molecule has 1 heterocycles. The fourth-order valence-electron chi connectivity index (χ4n) is 2.60. The van der Waals surface area contributed by atoms with Crippen LogP contribution in [-0.2, 0) is 20.9 Å². The van der Waals surface area contributed by atoms with Gasteiger partial charge in [0.15, 0.2) is 0 Å². The summed E-state index contributed by atoms with van der Waals surface area (Å²) in [5, 5.41) is 0.0651. The number of hydrogen-bond donors (Lipinski definition) is 0. The van der Waals surface area contributed by atoms with Crippen LogP contribution in [0.4, 0.5) is 0 Å². The van der Waals surface area contributed by atoms with E-state index in [9.17, 15) is 4.79 Å². The zero-order valence-corrected chi connectivity index (χ0v) is 14.2. The van der Waals surface area contributed by atoms with Crippen LogP contribution < -0.4 is 0 Å². The first-order chi connectivity index (χ1) is 9.72. The van der Waals surface area contributed by atoms with Crippen LogP contribution in [0.25, 0.3) is 0 Å². The van der Waals surface area contributed by atoms with Gasteiger partial charge < -0.3 is 14.3 Å². The lowest BCUT2D eigenvalue weighted by molar-refractivity contribution is -0.120. The Hall–Kier alpha value is -0.973. The molecule has 2 rings (SSSR count).